The molecule has 2 rings (SSSR count). The summed E-state index contributed by atoms with van der Waals surface area (Å²) in [5, 5.41) is 4.45. The van der Waals surface area contributed by atoms with Crippen molar-refractivity contribution in [1.82, 2.24) is 9.78 Å². The van der Waals surface area contributed by atoms with Gasteiger partial charge in [0.05, 0.1) is 5.69 Å². The summed E-state index contributed by atoms with van der Waals surface area (Å²) in [5.74, 6) is 2.37. The highest BCUT2D eigenvalue weighted by molar-refractivity contribution is 7.98. The van der Waals surface area contributed by atoms with E-state index in [1.807, 2.05) is 23.5 Å². The second-order valence-electron chi connectivity index (χ2n) is 2.94. The zero-order valence-corrected chi connectivity index (χ0v) is 7.74. The summed E-state index contributed by atoms with van der Waals surface area (Å²) in [5.41, 5.74) is 4.15. The van der Waals surface area contributed by atoms with E-state index in [0.717, 1.165) is 5.75 Å². The lowest BCUT2D eigenvalue weighted by Gasteiger charge is -2.08. The third-order valence-electron chi connectivity index (χ3n) is 2.28. The maximum Gasteiger partial charge on any atom is 0.0758 e. The van der Waals surface area contributed by atoms with Crippen LogP contribution in [-0.2, 0) is 19.2 Å². The molecule has 1 aromatic rings. The van der Waals surface area contributed by atoms with E-state index in [1.165, 1.54) is 29.1 Å². The Morgan fingerprint density at radius 2 is 2.36 bits per heavy atom. The quantitative estimate of drug-likeness (QED) is 0.584. The maximum atomic E-state index is 4.45. The number of aryl methyl sites for hydroxylation is 1. The van der Waals surface area contributed by atoms with Gasteiger partial charge in [0.2, 0.25) is 0 Å². The Morgan fingerprint density at radius 1 is 1.55 bits per heavy atom. The van der Waals surface area contributed by atoms with Crippen LogP contribution in [0.4, 0.5) is 0 Å². The first-order valence-electron chi connectivity index (χ1n) is 3.88. The van der Waals surface area contributed by atoms with E-state index >= 15 is 0 Å². The van der Waals surface area contributed by atoms with E-state index in [9.17, 15) is 0 Å². The first-order valence-corrected chi connectivity index (χ1v) is 5.03. The van der Waals surface area contributed by atoms with Gasteiger partial charge in [0.25, 0.3) is 0 Å². The summed E-state index contributed by atoms with van der Waals surface area (Å²) in [6.45, 7) is 2.15. The molecule has 2 heterocycles. The van der Waals surface area contributed by atoms with Crippen LogP contribution < -0.4 is 0 Å². The summed E-state index contributed by atoms with van der Waals surface area (Å²) >= 11 is 1.98. The molecule has 1 aliphatic heterocycles. The van der Waals surface area contributed by atoms with E-state index in [4.69, 9.17) is 0 Å². The van der Waals surface area contributed by atoms with Gasteiger partial charge in [-0.05, 0) is 24.7 Å². The molecule has 0 atom stereocenters. The van der Waals surface area contributed by atoms with Gasteiger partial charge in [0.15, 0.2) is 0 Å². The van der Waals surface area contributed by atoms with Crippen molar-refractivity contribution in [2.45, 2.75) is 19.1 Å². The molecule has 0 spiro atoms. The highest BCUT2D eigenvalue weighted by Gasteiger charge is 2.15. The second-order valence-corrected chi connectivity index (χ2v) is 4.04. The van der Waals surface area contributed by atoms with E-state index in [1.54, 1.807) is 0 Å². The highest BCUT2D eigenvalue weighted by atomic mass is 32.2. The normalized spacial score (nSPS) is 16.5. The van der Waals surface area contributed by atoms with Crippen molar-refractivity contribution in [2.24, 2.45) is 7.05 Å². The molecule has 0 saturated heterocycles. The fraction of sp³-hybridized carbons (Fsp3) is 0.625. The van der Waals surface area contributed by atoms with Gasteiger partial charge in [0.1, 0.15) is 0 Å². The van der Waals surface area contributed by atoms with Crippen LogP contribution in [0.3, 0.4) is 0 Å². The summed E-state index contributed by atoms with van der Waals surface area (Å²) in [6.07, 6.45) is 1.21. The van der Waals surface area contributed by atoms with Gasteiger partial charge < -0.3 is 0 Å². The lowest BCUT2D eigenvalue weighted by atomic mass is 10.1. The van der Waals surface area contributed by atoms with Crippen molar-refractivity contribution < 1.29 is 0 Å². The van der Waals surface area contributed by atoms with Crippen LogP contribution in [0.25, 0.3) is 0 Å². The molecule has 1 aromatic heterocycles. The van der Waals surface area contributed by atoms with Gasteiger partial charge in [-0.1, -0.05) is 0 Å². The Morgan fingerprint density at radius 3 is 3.09 bits per heavy atom. The lowest BCUT2D eigenvalue weighted by Crippen LogP contribution is -2.00. The Balaban J connectivity index is 2.50. The molecule has 60 valence electrons. The minimum Gasteiger partial charge on any atom is -0.272 e. The van der Waals surface area contributed by atoms with Crippen molar-refractivity contribution in [3.05, 3.63) is 17.0 Å². The van der Waals surface area contributed by atoms with Crippen LogP contribution in [0.1, 0.15) is 17.0 Å². The number of rotatable bonds is 0. The van der Waals surface area contributed by atoms with Crippen molar-refractivity contribution in [3.63, 3.8) is 0 Å². The van der Waals surface area contributed by atoms with Crippen LogP contribution >= 0.6 is 11.8 Å². The van der Waals surface area contributed by atoms with Crippen LogP contribution in [0.5, 0.6) is 0 Å². The highest BCUT2D eigenvalue weighted by Crippen LogP contribution is 2.25. The standard InChI is InChI=1S/C8H12N2S/c1-6-7-3-4-11-5-8(7)9-10(6)2/h3-5H2,1-2H3. The Hall–Kier alpha value is -0.440. The van der Waals surface area contributed by atoms with E-state index < -0.39 is 0 Å². The molecule has 0 unspecified atom stereocenters. The zero-order chi connectivity index (χ0) is 7.84. The van der Waals surface area contributed by atoms with Crippen molar-refractivity contribution in [2.75, 3.05) is 5.75 Å². The van der Waals surface area contributed by atoms with Crippen LogP contribution in [-0.4, -0.2) is 15.5 Å². The number of fused-ring (bicyclic) bond motifs is 1. The number of hydrogen-bond donors (Lipinski definition) is 0. The predicted octanol–water partition coefficient (Wildman–Crippen LogP) is 1.52. The molecule has 0 N–H and O–H groups in total. The SMILES string of the molecule is Cc1c2c(nn1C)CSCC2. The summed E-state index contributed by atoms with van der Waals surface area (Å²) < 4.78 is 2.00. The van der Waals surface area contributed by atoms with Crippen LogP contribution in [0, 0.1) is 6.92 Å². The molecule has 0 fully saturated rings. The number of nitrogens with zero attached hydrogens (tertiary/aromatic N) is 2. The first-order chi connectivity index (χ1) is 5.29. The number of thioether (sulfide) groups is 1. The average Bonchev–Trinajstić information content (AvgIpc) is 2.30. The monoisotopic (exact) mass is 168 g/mol. The largest absolute Gasteiger partial charge is 0.272 e. The molecule has 0 radical (unpaired) electrons. The summed E-state index contributed by atoms with van der Waals surface area (Å²) in [4.78, 5) is 0. The van der Waals surface area contributed by atoms with Gasteiger partial charge in [-0.15, -0.1) is 0 Å². The molecule has 3 heteroatoms. The van der Waals surface area contributed by atoms with Crippen LogP contribution in [0.15, 0.2) is 0 Å². The molecule has 0 bridgehead atoms. The van der Waals surface area contributed by atoms with Gasteiger partial charge in [-0.3, -0.25) is 4.68 Å². The van der Waals surface area contributed by atoms with Gasteiger partial charge in [-0.25, -0.2) is 0 Å². The van der Waals surface area contributed by atoms with Gasteiger partial charge in [-0.2, -0.15) is 16.9 Å². The smallest absolute Gasteiger partial charge is 0.0758 e. The van der Waals surface area contributed by atoms with Crippen molar-refractivity contribution in [3.8, 4) is 0 Å². The van der Waals surface area contributed by atoms with E-state index in [0.29, 0.717) is 0 Å². The Bertz CT molecular complexity index is 278. The summed E-state index contributed by atoms with van der Waals surface area (Å²) in [6, 6.07) is 0. The molecule has 11 heavy (non-hydrogen) atoms. The molecule has 1 aliphatic rings. The Kier molecular flexibility index (Phi) is 1.68. The maximum absolute atomic E-state index is 4.45. The molecule has 2 nitrogen and oxygen atoms in total. The van der Waals surface area contributed by atoms with Crippen LogP contribution in [0.2, 0.25) is 0 Å². The summed E-state index contributed by atoms with van der Waals surface area (Å²) in [7, 11) is 2.03. The van der Waals surface area contributed by atoms with Gasteiger partial charge >= 0.3 is 0 Å². The molecular weight excluding hydrogens is 156 g/mol. The van der Waals surface area contributed by atoms with E-state index in [2.05, 4.69) is 12.0 Å². The molecular formula is C8H12N2S. The number of hydrogen-bond acceptors (Lipinski definition) is 2. The first kappa shape index (κ1) is 7.22. The second kappa shape index (κ2) is 2.55. The van der Waals surface area contributed by atoms with Gasteiger partial charge in [0, 0.05) is 18.5 Å². The third kappa shape index (κ3) is 1.07. The van der Waals surface area contributed by atoms with Crippen molar-refractivity contribution in [1.29, 1.82) is 0 Å². The lowest BCUT2D eigenvalue weighted by molar-refractivity contribution is 0.729. The van der Waals surface area contributed by atoms with E-state index in [-0.39, 0.29) is 0 Å². The molecule has 0 aromatic carbocycles. The van der Waals surface area contributed by atoms with Crippen molar-refractivity contribution >= 4 is 11.8 Å². The Labute approximate surface area is 71.0 Å². The minimum atomic E-state index is 1.11. The third-order valence-corrected chi connectivity index (χ3v) is 3.25. The molecule has 0 aliphatic carbocycles. The topological polar surface area (TPSA) is 17.8 Å². The molecule has 0 amide bonds. The fourth-order valence-electron chi connectivity index (χ4n) is 1.50. The zero-order valence-electron chi connectivity index (χ0n) is 6.92. The number of aromatic nitrogens is 2. The minimum absolute atomic E-state index is 1.11. The predicted molar refractivity (Wildman–Crippen MR) is 47.8 cm³/mol. The average molecular weight is 168 g/mol. The molecule has 0 saturated carbocycles. The fourth-order valence-corrected chi connectivity index (χ4v) is 2.42.